The summed E-state index contributed by atoms with van der Waals surface area (Å²) in [7, 11) is 1.32. The second kappa shape index (κ2) is 3.92. The molecule has 1 heterocycles. The van der Waals surface area contributed by atoms with Crippen LogP contribution < -0.4 is 0 Å². The van der Waals surface area contributed by atoms with Crippen LogP contribution in [0.5, 0.6) is 0 Å². The van der Waals surface area contributed by atoms with Gasteiger partial charge in [0.1, 0.15) is 5.82 Å². The van der Waals surface area contributed by atoms with Gasteiger partial charge in [-0.05, 0) is 24.3 Å². The van der Waals surface area contributed by atoms with Crippen molar-refractivity contribution < 1.29 is 14.2 Å². The minimum Gasteiger partial charge on any atom is -0.364 e. The number of rotatable bonds is 2. The summed E-state index contributed by atoms with van der Waals surface area (Å²) in [6.07, 6.45) is 0.350. The number of ether oxygens (including phenoxy) is 1. The maximum absolute atomic E-state index is 13.8. The average molecular weight is 207 g/mol. The van der Waals surface area contributed by atoms with E-state index in [4.69, 9.17) is 0 Å². The SMILES string of the molecule is COC(O)c1ccc2ncccc2c1F. The number of hydrogen-bond donors (Lipinski definition) is 1. The number of pyridine rings is 1. The Kier molecular flexibility index (Phi) is 2.62. The molecule has 78 valence electrons. The first-order valence-corrected chi connectivity index (χ1v) is 4.48. The molecule has 1 N–H and O–H groups in total. The normalized spacial score (nSPS) is 13.0. The van der Waals surface area contributed by atoms with Crippen LogP contribution in [-0.4, -0.2) is 17.2 Å². The van der Waals surface area contributed by atoms with Gasteiger partial charge in [-0.15, -0.1) is 0 Å². The van der Waals surface area contributed by atoms with Gasteiger partial charge in [0.05, 0.1) is 5.52 Å². The Labute approximate surface area is 86.1 Å². The first-order chi connectivity index (χ1) is 7.24. The van der Waals surface area contributed by atoms with Crippen molar-refractivity contribution in [1.82, 2.24) is 4.98 Å². The molecule has 2 rings (SSSR count). The third-order valence-corrected chi connectivity index (χ3v) is 2.24. The number of methoxy groups -OCH3 is 1. The van der Waals surface area contributed by atoms with E-state index in [1.807, 2.05) is 0 Å². The Balaban J connectivity index is 2.65. The number of fused-ring (bicyclic) bond motifs is 1. The van der Waals surface area contributed by atoms with Gasteiger partial charge in [0.2, 0.25) is 0 Å². The summed E-state index contributed by atoms with van der Waals surface area (Å²) in [6, 6.07) is 6.38. The Morgan fingerprint density at radius 2 is 2.20 bits per heavy atom. The van der Waals surface area contributed by atoms with Crippen molar-refractivity contribution in [3.8, 4) is 0 Å². The van der Waals surface area contributed by atoms with Gasteiger partial charge in [-0.1, -0.05) is 0 Å². The van der Waals surface area contributed by atoms with Crippen molar-refractivity contribution in [3.63, 3.8) is 0 Å². The van der Waals surface area contributed by atoms with Gasteiger partial charge >= 0.3 is 0 Å². The molecule has 2 aromatic rings. The Hall–Kier alpha value is -1.52. The van der Waals surface area contributed by atoms with Crippen molar-refractivity contribution >= 4 is 10.9 Å². The molecule has 0 fully saturated rings. The lowest BCUT2D eigenvalue weighted by molar-refractivity contribution is -0.0788. The highest BCUT2D eigenvalue weighted by molar-refractivity contribution is 5.79. The van der Waals surface area contributed by atoms with E-state index in [0.717, 1.165) is 0 Å². The smallest absolute Gasteiger partial charge is 0.183 e. The maximum atomic E-state index is 13.8. The van der Waals surface area contributed by atoms with Crippen LogP contribution in [0.1, 0.15) is 11.9 Å². The topological polar surface area (TPSA) is 42.4 Å². The lowest BCUT2D eigenvalue weighted by Crippen LogP contribution is -2.03. The Bertz CT molecular complexity index is 487. The number of aliphatic hydroxyl groups excluding tert-OH is 1. The second-order valence-electron chi connectivity index (χ2n) is 3.13. The molecular formula is C11H10FNO2. The number of nitrogens with zero attached hydrogens (tertiary/aromatic N) is 1. The van der Waals surface area contributed by atoms with E-state index in [2.05, 4.69) is 9.72 Å². The molecule has 0 aliphatic rings. The molecule has 0 amide bonds. The van der Waals surface area contributed by atoms with Gasteiger partial charge in [-0.2, -0.15) is 0 Å². The van der Waals surface area contributed by atoms with E-state index < -0.39 is 12.1 Å². The van der Waals surface area contributed by atoms with Gasteiger partial charge in [0.25, 0.3) is 0 Å². The fraction of sp³-hybridized carbons (Fsp3) is 0.182. The summed E-state index contributed by atoms with van der Waals surface area (Å²) >= 11 is 0. The monoisotopic (exact) mass is 207 g/mol. The average Bonchev–Trinajstić information content (AvgIpc) is 2.29. The van der Waals surface area contributed by atoms with Crippen LogP contribution in [0.25, 0.3) is 10.9 Å². The predicted molar refractivity (Wildman–Crippen MR) is 53.7 cm³/mol. The fourth-order valence-corrected chi connectivity index (χ4v) is 1.45. The molecule has 15 heavy (non-hydrogen) atoms. The largest absolute Gasteiger partial charge is 0.364 e. The van der Waals surface area contributed by atoms with E-state index >= 15 is 0 Å². The predicted octanol–water partition coefficient (Wildman–Crippen LogP) is 2.01. The van der Waals surface area contributed by atoms with Gasteiger partial charge in [-0.25, -0.2) is 4.39 Å². The molecule has 0 radical (unpaired) electrons. The van der Waals surface area contributed by atoms with E-state index in [0.29, 0.717) is 10.9 Å². The van der Waals surface area contributed by atoms with Gasteiger partial charge in [-0.3, -0.25) is 4.98 Å². The molecule has 0 bridgehead atoms. The molecule has 1 atom stereocenters. The van der Waals surface area contributed by atoms with Crippen LogP contribution in [0.4, 0.5) is 4.39 Å². The summed E-state index contributed by atoms with van der Waals surface area (Å²) < 4.78 is 18.5. The zero-order valence-corrected chi connectivity index (χ0v) is 8.14. The summed E-state index contributed by atoms with van der Waals surface area (Å²) in [5.74, 6) is -0.491. The zero-order chi connectivity index (χ0) is 10.8. The van der Waals surface area contributed by atoms with E-state index in [1.165, 1.54) is 13.2 Å². The highest BCUT2D eigenvalue weighted by Gasteiger charge is 2.14. The third-order valence-electron chi connectivity index (χ3n) is 2.24. The van der Waals surface area contributed by atoms with Crippen molar-refractivity contribution in [2.75, 3.05) is 7.11 Å². The van der Waals surface area contributed by atoms with Crippen LogP contribution in [0.15, 0.2) is 30.5 Å². The summed E-state index contributed by atoms with van der Waals surface area (Å²) in [4.78, 5) is 4.01. The number of aromatic nitrogens is 1. The van der Waals surface area contributed by atoms with Crippen LogP contribution >= 0.6 is 0 Å². The van der Waals surface area contributed by atoms with Gasteiger partial charge in [0, 0.05) is 24.3 Å². The first kappa shape index (κ1) is 10.0. The molecule has 1 aromatic heterocycles. The lowest BCUT2D eigenvalue weighted by Gasteiger charge is -2.10. The minimum atomic E-state index is -1.24. The van der Waals surface area contributed by atoms with Crippen LogP contribution in [0.2, 0.25) is 0 Å². The number of benzene rings is 1. The standard InChI is InChI=1S/C11H10FNO2/c1-15-11(14)8-4-5-9-7(10(8)12)3-2-6-13-9/h2-6,11,14H,1H3. The van der Waals surface area contributed by atoms with Crippen LogP contribution in [0.3, 0.4) is 0 Å². The first-order valence-electron chi connectivity index (χ1n) is 4.48. The molecule has 3 nitrogen and oxygen atoms in total. The van der Waals surface area contributed by atoms with Gasteiger partial charge in [0.15, 0.2) is 6.29 Å². The van der Waals surface area contributed by atoms with E-state index in [9.17, 15) is 9.50 Å². The second-order valence-corrected chi connectivity index (χ2v) is 3.13. The molecule has 1 aromatic carbocycles. The molecule has 0 aliphatic heterocycles. The number of halogens is 1. The summed E-state index contributed by atoms with van der Waals surface area (Å²) in [5.41, 5.74) is 0.681. The lowest BCUT2D eigenvalue weighted by atomic mass is 10.1. The zero-order valence-electron chi connectivity index (χ0n) is 8.14. The molecule has 4 heteroatoms. The van der Waals surface area contributed by atoms with Crippen molar-refractivity contribution in [3.05, 3.63) is 41.8 Å². The highest BCUT2D eigenvalue weighted by Crippen LogP contribution is 2.24. The van der Waals surface area contributed by atoms with Crippen LogP contribution in [0, 0.1) is 5.82 Å². The molecule has 0 saturated heterocycles. The number of hydrogen-bond acceptors (Lipinski definition) is 3. The van der Waals surface area contributed by atoms with E-state index in [-0.39, 0.29) is 5.56 Å². The highest BCUT2D eigenvalue weighted by atomic mass is 19.1. The molecule has 0 spiro atoms. The molecular weight excluding hydrogens is 197 g/mol. The van der Waals surface area contributed by atoms with Crippen LogP contribution in [-0.2, 0) is 4.74 Å². The minimum absolute atomic E-state index is 0.123. The molecule has 1 unspecified atom stereocenters. The van der Waals surface area contributed by atoms with Crippen molar-refractivity contribution in [1.29, 1.82) is 0 Å². The molecule has 0 saturated carbocycles. The van der Waals surface area contributed by atoms with E-state index in [1.54, 1.807) is 24.4 Å². The third kappa shape index (κ3) is 1.69. The fourth-order valence-electron chi connectivity index (χ4n) is 1.45. The molecule has 0 aliphatic carbocycles. The Morgan fingerprint density at radius 3 is 2.93 bits per heavy atom. The van der Waals surface area contributed by atoms with Crippen molar-refractivity contribution in [2.24, 2.45) is 0 Å². The summed E-state index contributed by atoms with van der Waals surface area (Å²) in [6.45, 7) is 0. The Morgan fingerprint density at radius 1 is 1.40 bits per heavy atom. The number of aliphatic hydroxyl groups is 1. The van der Waals surface area contributed by atoms with Gasteiger partial charge < -0.3 is 9.84 Å². The van der Waals surface area contributed by atoms with Crippen molar-refractivity contribution in [2.45, 2.75) is 6.29 Å². The summed E-state index contributed by atoms with van der Waals surface area (Å²) in [5, 5.41) is 9.77. The quantitative estimate of drug-likeness (QED) is 0.766. The maximum Gasteiger partial charge on any atom is 0.183 e.